The lowest BCUT2D eigenvalue weighted by atomic mass is 10.3. The molecule has 1 heterocycles. The second-order valence-corrected chi connectivity index (χ2v) is 3.01. The highest BCUT2D eigenvalue weighted by atomic mass is 16.5. The Morgan fingerprint density at radius 1 is 1.40 bits per heavy atom. The van der Waals surface area contributed by atoms with Crippen LogP contribution in [0.15, 0.2) is 24.5 Å². The minimum Gasteiger partial charge on any atom is -0.464 e. The molecule has 1 aromatic heterocycles. The van der Waals surface area contributed by atoms with Gasteiger partial charge in [0.25, 0.3) is 0 Å². The molecule has 5 nitrogen and oxygen atoms in total. The Balaban J connectivity index is 2.48. The number of rotatable bonds is 3. The van der Waals surface area contributed by atoms with Gasteiger partial charge in [0.15, 0.2) is 0 Å². The summed E-state index contributed by atoms with van der Waals surface area (Å²) in [6.07, 6.45) is 3.21. The van der Waals surface area contributed by atoms with Crippen molar-refractivity contribution in [1.82, 2.24) is 9.88 Å². The van der Waals surface area contributed by atoms with Crippen molar-refractivity contribution in [2.45, 2.75) is 19.9 Å². The largest absolute Gasteiger partial charge is 0.464 e. The second kappa shape index (κ2) is 5.19. The van der Waals surface area contributed by atoms with Crippen LogP contribution in [-0.2, 0) is 9.53 Å². The maximum atomic E-state index is 11.5. The van der Waals surface area contributed by atoms with Crippen molar-refractivity contribution in [3.63, 3.8) is 0 Å². The molecular weight excluding hydrogens is 196 g/mol. The lowest BCUT2D eigenvalue weighted by Crippen LogP contribution is -2.41. The SMILES string of the molecule is CCOC(=O)[C@H](C)NC(=O)n1cccc1. The van der Waals surface area contributed by atoms with Crippen molar-refractivity contribution in [2.24, 2.45) is 0 Å². The highest BCUT2D eigenvalue weighted by Crippen LogP contribution is 1.92. The number of carbonyl (C=O) groups excluding carboxylic acids is 2. The third kappa shape index (κ3) is 3.12. The molecule has 1 N–H and O–H groups in total. The van der Waals surface area contributed by atoms with Crippen molar-refractivity contribution in [3.8, 4) is 0 Å². The highest BCUT2D eigenvalue weighted by molar-refractivity contribution is 5.84. The fourth-order valence-electron chi connectivity index (χ4n) is 1.06. The summed E-state index contributed by atoms with van der Waals surface area (Å²) in [6.45, 7) is 3.61. The van der Waals surface area contributed by atoms with Gasteiger partial charge in [-0.2, -0.15) is 0 Å². The quantitative estimate of drug-likeness (QED) is 0.757. The molecule has 15 heavy (non-hydrogen) atoms. The van der Waals surface area contributed by atoms with Gasteiger partial charge >= 0.3 is 12.0 Å². The third-order valence-corrected chi connectivity index (χ3v) is 1.82. The van der Waals surface area contributed by atoms with Gasteiger partial charge < -0.3 is 10.1 Å². The molecular formula is C10H14N2O3. The smallest absolute Gasteiger partial charge is 0.328 e. The zero-order chi connectivity index (χ0) is 11.3. The number of nitrogens with zero attached hydrogens (tertiary/aromatic N) is 1. The minimum absolute atomic E-state index is 0.308. The minimum atomic E-state index is -0.639. The summed E-state index contributed by atoms with van der Waals surface area (Å²) in [5.41, 5.74) is 0. The molecule has 0 unspecified atom stereocenters. The van der Waals surface area contributed by atoms with Gasteiger partial charge in [-0.15, -0.1) is 0 Å². The van der Waals surface area contributed by atoms with E-state index in [-0.39, 0.29) is 6.03 Å². The first-order valence-corrected chi connectivity index (χ1v) is 4.75. The van der Waals surface area contributed by atoms with Gasteiger partial charge in [-0.3, -0.25) is 4.57 Å². The lowest BCUT2D eigenvalue weighted by molar-refractivity contribution is -0.144. The van der Waals surface area contributed by atoms with Gasteiger partial charge in [0.05, 0.1) is 6.61 Å². The Morgan fingerprint density at radius 2 is 2.00 bits per heavy atom. The number of carbonyl (C=O) groups is 2. The van der Waals surface area contributed by atoms with E-state index in [4.69, 9.17) is 4.74 Å². The van der Waals surface area contributed by atoms with Crippen LogP contribution in [0.25, 0.3) is 0 Å². The molecule has 0 spiro atoms. The van der Waals surface area contributed by atoms with E-state index in [0.717, 1.165) is 0 Å². The number of hydrogen-bond acceptors (Lipinski definition) is 3. The Hall–Kier alpha value is -1.78. The van der Waals surface area contributed by atoms with Crippen molar-refractivity contribution in [1.29, 1.82) is 0 Å². The molecule has 0 saturated carbocycles. The molecule has 1 atom stereocenters. The molecule has 0 bridgehead atoms. The van der Waals surface area contributed by atoms with E-state index < -0.39 is 12.0 Å². The fourth-order valence-corrected chi connectivity index (χ4v) is 1.06. The molecule has 0 aliphatic heterocycles. The van der Waals surface area contributed by atoms with Crippen molar-refractivity contribution in [3.05, 3.63) is 24.5 Å². The van der Waals surface area contributed by atoms with Crippen LogP contribution in [-0.4, -0.2) is 29.2 Å². The topological polar surface area (TPSA) is 60.3 Å². The number of amides is 1. The fraction of sp³-hybridized carbons (Fsp3) is 0.400. The summed E-state index contributed by atoms with van der Waals surface area (Å²) in [4.78, 5) is 22.7. The van der Waals surface area contributed by atoms with Gasteiger partial charge in [0, 0.05) is 12.4 Å². The summed E-state index contributed by atoms with van der Waals surface area (Å²) >= 11 is 0. The average Bonchev–Trinajstić information content (AvgIpc) is 2.70. The van der Waals surface area contributed by atoms with E-state index in [1.165, 1.54) is 4.57 Å². The van der Waals surface area contributed by atoms with Crippen LogP contribution in [0.5, 0.6) is 0 Å². The molecule has 0 aromatic carbocycles. The second-order valence-electron chi connectivity index (χ2n) is 3.01. The predicted molar refractivity (Wildman–Crippen MR) is 54.5 cm³/mol. The van der Waals surface area contributed by atoms with Gasteiger partial charge in [-0.25, -0.2) is 9.59 Å². The maximum Gasteiger partial charge on any atom is 0.328 e. The molecule has 0 saturated heterocycles. The van der Waals surface area contributed by atoms with E-state index in [0.29, 0.717) is 6.61 Å². The van der Waals surface area contributed by atoms with Gasteiger partial charge in [-0.05, 0) is 26.0 Å². The Kier molecular flexibility index (Phi) is 3.91. The lowest BCUT2D eigenvalue weighted by Gasteiger charge is -2.12. The summed E-state index contributed by atoms with van der Waals surface area (Å²) in [6, 6.07) is 2.48. The molecule has 0 aliphatic rings. The first-order valence-electron chi connectivity index (χ1n) is 4.75. The zero-order valence-corrected chi connectivity index (χ0v) is 8.77. The van der Waals surface area contributed by atoms with Crippen molar-refractivity contribution >= 4 is 12.0 Å². The molecule has 1 rings (SSSR count). The standard InChI is InChI=1S/C10H14N2O3/c1-3-15-9(13)8(2)11-10(14)12-6-4-5-7-12/h4-8H,3H2,1-2H3,(H,11,14)/t8-/m0/s1. The number of esters is 1. The van der Waals surface area contributed by atoms with Crippen LogP contribution < -0.4 is 5.32 Å². The first-order chi connectivity index (χ1) is 7.15. The summed E-state index contributed by atoms with van der Waals surface area (Å²) < 4.78 is 6.12. The number of nitrogens with one attached hydrogen (secondary N) is 1. The van der Waals surface area contributed by atoms with Gasteiger partial charge in [-0.1, -0.05) is 0 Å². The van der Waals surface area contributed by atoms with Crippen LogP contribution in [0.1, 0.15) is 13.8 Å². The Morgan fingerprint density at radius 3 is 2.53 bits per heavy atom. The van der Waals surface area contributed by atoms with E-state index in [1.807, 2.05) is 0 Å². The van der Waals surface area contributed by atoms with E-state index >= 15 is 0 Å². The number of hydrogen-bond donors (Lipinski definition) is 1. The summed E-state index contributed by atoms with van der Waals surface area (Å²) in [5, 5.41) is 2.52. The predicted octanol–water partition coefficient (Wildman–Crippen LogP) is 0.997. The first kappa shape index (κ1) is 11.3. The van der Waals surface area contributed by atoms with Crippen LogP contribution in [0, 0.1) is 0 Å². The van der Waals surface area contributed by atoms with E-state index in [1.54, 1.807) is 38.4 Å². The molecule has 82 valence electrons. The molecule has 1 aromatic rings. The van der Waals surface area contributed by atoms with E-state index in [2.05, 4.69) is 5.32 Å². The van der Waals surface area contributed by atoms with Crippen LogP contribution in [0.2, 0.25) is 0 Å². The van der Waals surface area contributed by atoms with Gasteiger partial charge in [0.2, 0.25) is 0 Å². The van der Waals surface area contributed by atoms with E-state index in [9.17, 15) is 9.59 Å². The van der Waals surface area contributed by atoms with Crippen LogP contribution in [0.3, 0.4) is 0 Å². The van der Waals surface area contributed by atoms with Crippen LogP contribution in [0.4, 0.5) is 4.79 Å². The van der Waals surface area contributed by atoms with Crippen molar-refractivity contribution in [2.75, 3.05) is 6.61 Å². The number of aromatic nitrogens is 1. The summed E-state index contributed by atoms with van der Waals surface area (Å²) in [5.74, 6) is -0.432. The molecule has 0 aliphatic carbocycles. The zero-order valence-electron chi connectivity index (χ0n) is 8.77. The monoisotopic (exact) mass is 210 g/mol. The van der Waals surface area contributed by atoms with Gasteiger partial charge in [0.1, 0.15) is 6.04 Å². The highest BCUT2D eigenvalue weighted by Gasteiger charge is 2.16. The third-order valence-electron chi connectivity index (χ3n) is 1.82. The molecule has 0 fully saturated rings. The van der Waals surface area contributed by atoms with Crippen LogP contribution >= 0.6 is 0 Å². The molecule has 0 radical (unpaired) electrons. The Bertz CT molecular complexity index is 332. The average molecular weight is 210 g/mol. The molecule has 1 amide bonds. The Labute approximate surface area is 88.0 Å². The molecule has 5 heteroatoms. The maximum absolute atomic E-state index is 11.5. The normalized spacial score (nSPS) is 11.9. The summed E-state index contributed by atoms with van der Waals surface area (Å²) in [7, 11) is 0. The number of ether oxygens (including phenoxy) is 1. The van der Waals surface area contributed by atoms with Crippen molar-refractivity contribution < 1.29 is 14.3 Å².